The summed E-state index contributed by atoms with van der Waals surface area (Å²) in [4.78, 5) is 27.6. The predicted octanol–water partition coefficient (Wildman–Crippen LogP) is 1.17. The van der Waals surface area contributed by atoms with E-state index in [0.29, 0.717) is 25.9 Å². The SMILES string of the molecule is O=C(O)CC1CC(CNC(=O)CCCNC2=NCCN2)=Cc2ccccc2N1. The summed E-state index contributed by atoms with van der Waals surface area (Å²) in [6, 6.07) is 7.59. The minimum absolute atomic E-state index is 0.00991. The number of rotatable bonds is 8. The molecule has 1 aromatic carbocycles. The normalized spacial score (nSPS) is 17.9. The second kappa shape index (κ2) is 9.77. The lowest BCUT2D eigenvalue weighted by atomic mass is 10.0. The van der Waals surface area contributed by atoms with Gasteiger partial charge in [-0.3, -0.25) is 14.6 Å². The van der Waals surface area contributed by atoms with Gasteiger partial charge in [-0.2, -0.15) is 0 Å². The summed E-state index contributed by atoms with van der Waals surface area (Å²) in [5, 5.41) is 21.7. The van der Waals surface area contributed by atoms with E-state index in [9.17, 15) is 9.59 Å². The molecule has 0 aromatic heterocycles. The number of nitrogens with zero attached hydrogens (tertiary/aromatic N) is 1. The molecule has 1 amide bonds. The number of hydrogen-bond acceptors (Lipinski definition) is 6. The summed E-state index contributed by atoms with van der Waals surface area (Å²) < 4.78 is 0. The van der Waals surface area contributed by atoms with Gasteiger partial charge in [0.2, 0.25) is 5.91 Å². The van der Waals surface area contributed by atoms with Crippen molar-refractivity contribution in [3.63, 3.8) is 0 Å². The Morgan fingerprint density at radius 2 is 2.14 bits per heavy atom. The number of aliphatic imine (C=N–C) groups is 1. The standard InChI is InChI=1S/C20H27N5O3/c26-18(6-3-7-21-20-22-8-9-23-20)24-13-14-10-15-4-1-2-5-17(15)25-16(11-14)12-19(27)28/h1-2,4-5,10,16,25H,3,6-9,11-13H2,(H,24,26)(H,27,28)(H2,21,22,23). The molecule has 1 unspecified atom stereocenters. The zero-order valence-corrected chi connectivity index (χ0v) is 15.8. The number of carbonyl (C=O) groups excluding carboxylic acids is 1. The Morgan fingerprint density at radius 3 is 2.93 bits per heavy atom. The Bertz CT molecular complexity index is 775. The van der Waals surface area contributed by atoms with Crippen molar-refractivity contribution < 1.29 is 14.7 Å². The van der Waals surface area contributed by atoms with Gasteiger partial charge in [0, 0.05) is 37.8 Å². The number of carboxylic acids is 1. The van der Waals surface area contributed by atoms with Crippen molar-refractivity contribution >= 4 is 29.6 Å². The fourth-order valence-electron chi connectivity index (χ4n) is 3.35. The smallest absolute Gasteiger partial charge is 0.305 e. The number of nitrogens with one attached hydrogen (secondary N) is 4. The second-order valence-electron chi connectivity index (χ2n) is 7.00. The first-order chi connectivity index (χ1) is 13.6. The number of fused-ring (bicyclic) bond motifs is 1. The topological polar surface area (TPSA) is 115 Å². The minimum atomic E-state index is -0.839. The van der Waals surface area contributed by atoms with E-state index in [0.717, 1.165) is 42.3 Å². The third-order valence-electron chi connectivity index (χ3n) is 4.67. The van der Waals surface area contributed by atoms with Gasteiger partial charge in [0.05, 0.1) is 13.0 Å². The number of para-hydroxylation sites is 1. The van der Waals surface area contributed by atoms with E-state index in [-0.39, 0.29) is 18.4 Å². The van der Waals surface area contributed by atoms with Gasteiger partial charge in [-0.25, -0.2) is 0 Å². The lowest BCUT2D eigenvalue weighted by molar-refractivity contribution is -0.137. The van der Waals surface area contributed by atoms with Crippen LogP contribution in [0, 0.1) is 0 Å². The maximum absolute atomic E-state index is 12.2. The van der Waals surface area contributed by atoms with Gasteiger partial charge in [-0.05, 0) is 30.0 Å². The highest BCUT2D eigenvalue weighted by molar-refractivity contribution is 5.81. The molecule has 0 spiro atoms. The summed E-state index contributed by atoms with van der Waals surface area (Å²) in [5.74, 6) is -0.0434. The Labute approximate surface area is 164 Å². The number of guanidine groups is 1. The predicted molar refractivity (Wildman–Crippen MR) is 109 cm³/mol. The highest BCUT2D eigenvalue weighted by atomic mass is 16.4. The van der Waals surface area contributed by atoms with E-state index in [4.69, 9.17) is 5.11 Å². The van der Waals surface area contributed by atoms with Crippen LogP contribution < -0.4 is 21.3 Å². The zero-order valence-electron chi connectivity index (χ0n) is 15.8. The molecule has 0 radical (unpaired) electrons. The fraction of sp³-hybridized carbons (Fsp3) is 0.450. The van der Waals surface area contributed by atoms with Crippen LogP contribution in [0.5, 0.6) is 0 Å². The average Bonchev–Trinajstić information content (AvgIpc) is 3.11. The average molecular weight is 385 g/mol. The lowest BCUT2D eigenvalue weighted by Crippen LogP contribution is -2.35. The molecule has 5 N–H and O–H groups in total. The summed E-state index contributed by atoms with van der Waals surface area (Å²) in [5.41, 5.74) is 2.94. The molecule has 150 valence electrons. The van der Waals surface area contributed by atoms with Crippen molar-refractivity contribution in [2.24, 2.45) is 4.99 Å². The van der Waals surface area contributed by atoms with Crippen LogP contribution in [0.2, 0.25) is 0 Å². The summed E-state index contributed by atoms with van der Waals surface area (Å²) >= 11 is 0. The van der Waals surface area contributed by atoms with Crippen LogP contribution in [0.3, 0.4) is 0 Å². The second-order valence-corrected chi connectivity index (χ2v) is 7.00. The first-order valence-electron chi connectivity index (χ1n) is 9.66. The van der Waals surface area contributed by atoms with Crippen LogP contribution in [0.1, 0.15) is 31.2 Å². The van der Waals surface area contributed by atoms with Crippen molar-refractivity contribution in [2.45, 2.75) is 31.7 Å². The Balaban J connectivity index is 1.49. The first-order valence-corrected chi connectivity index (χ1v) is 9.66. The summed E-state index contributed by atoms with van der Waals surface area (Å²) in [6.45, 7) is 2.77. The molecular weight excluding hydrogens is 358 g/mol. The molecule has 2 aliphatic rings. The van der Waals surface area contributed by atoms with Crippen molar-refractivity contribution in [1.82, 2.24) is 16.0 Å². The molecule has 28 heavy (non-hydrogen) atoms. The van der Waals surface area contributed by atoms with Crippen molar-refractivity contribution in [1.29, 1.82) is 0 Å². The largest absolute Gasteiger partial charge is 0.481 e. The molecule has 3 rings (SSSR count). The number of amides is 1. The number of hydrogen-bond donors (Lipinski definition) is 5. The van der Waals surface area contributed by atoms with Gasteiger partial charge in [0.15, 0.2) is 5.96 Å². The van der Waals surface area contributed by atoms with Crippen molar-refractivity contribution in [3.05, 3.63) is 35.4 Å². The van der Waals surface area contributed by atoms with Crippen LogP contribution in [0.25, 0.3) is 6.08 Å². The molecule has 2 heterocycles. The molecule has 1 atom stereocenters. The molecular formula is C20H27N5O3. The van der Waals surface area contributed by atoms with Crippen molar-refractivity contribution in [2.75, 3.05) is 31.5 Å². The van der Waals surface area contributed by atoms with Gasteiger partial charge in [-0.15, -0.1) is 0 Å². The quantitative estimate of drug-likeness (QED) is 0.429. The third kappa shape index (κ3) is 6.00. The number of carbonyl (C=O) groups is 2. The third-order valence-corrected chi connectivity index (χ3v) is 4.67. The fourth-order valence-corrected chi connectivity index (χ4v) is 3.35. The van der Waals surface area contributed by atoms with E-state index in [1.54, 1.807) is 0 Å². The minimum Gasteiger partial charge on any atom is -0.481 e. The van der Waals surface area contributed by atoms with E-state index in [2.05, 4.69) is 26.3 Å². The van der Waals surface area contributed by atoms with Crippen LogP contribution in [-0.4, -0.2) is 55.2 Å². The molecule has 0 saturated carbocycles. The maximum atomic E-state index is 12.2. The van der Waals surface area contributed by atoms with Gasteiger partial charge in [0.25, 0.3) is 0 Å². The van der Waals surface area contributed by atoms with Gasteiger partial charge < -0.3 is 26.4 Å². The Morgan fingerprint density at radius 1 is 1.29 bits per heavy atom. The number of anilines is 1. The summed E-state index contributed by atoms with van der Waals surface area (Å²) in [6.07, 6.45) is 3.80. The Hall–Kier alpha value is -3.03. The summed E-state index contributed by atoms with van der Waals surface area (Å²) in [7, 11) is 0. The molecule has 1 aromatic rings. The Kier molecular flexibility index (Phi) is 6.89. The highest BCUT2D eigenvalue weighted by Gasteiger charge is 2.19. The molecule has 0 aliphatic carbocycles. The van der Waals surface area contributed by atoms with Gasteiger partial charge in [-0.1, -0.05) is 24.3 Å². The van der Waals surface area contributed by atoms with E-state index < -0.39 is 5.97 Å². The molecule has 8 heteroatoms. The number of aliphatic carboxylic acids is 1. The van der Waals surface area contributed by atoms with E-state index in [1.807, 2.05) is 30.3 Å². The van der Waals surface area contributed by atoms with Crippen LogP contribution >= 0.6 is 0 Å². The van der Waals surface area contributed by atoms with Crippen LogP contribution in [0.4, 0.5) is 5.69 Å². The van der Waals surface area contributed by atoms with E-state index >= 15 is 0 Å². The van der Waals surface area contributed by atoms with Crippen LogP contribution in [0.15, 0.2) is 34.8 Å². The highest BCUT2D eigenvalue weighted by Crippen LogP contribution is 2.26. The van der Waals surface area contributed by atoms with E-state index in [1.165, 1.54) is 0 Å². The number of carboxylic acid groups (broad SMARTS) is 1. The number of benzene rings is 1. The van der Waals surface area contributed by atoms with Crippen molar-refractivity contribution in [3.8, 4) is 0 Å². The monoisotopic (exact) mass is 385 g/mol. The van der Waals surface area contributed by atoms with Gasteiger partial charge >= 0.3 is 5.97 Å². The molecule has 0 fully saturated rings. The molecule has 2 aliphatic heterocycles. The zero-order chi connectivity index (χ0) is 19.8. The van der Waals surface area contributed by atoms with Crippen LogP contribution in [-0.2, 0) is 9.59 Å². The molecule has 8 nitrogen and oxygen atoms in total. The molecule has 0 saturated heterocycles. The maximum Gasteiger partial charge on any atom is 0.305 e. The lowest BCUT2D eigenvalue weighted by Gasteiger charge is -2.18. The molecule has 0 bridgehead atoms. The van der Waals surface area contributed by atoms with Gasteiger partial charge in [0.1, 0.15) is 0 Å². The first kappa shape index (κ1) is 19.7.